The van der Waals surface area contributed by atoms with Gasteiger partial charge in [-0.25, -0.2) is 14.6 Å². The van der Waals surface area contributed by atoms with E-state index in [0.717, 1.165) is 10.6 Å². The van der Waals surface area contributed by atoms with Crippen molar-refractivity contribution in [2.24, 2.45) is 0 Å². The van der Waals surface area contributed by atoms with Gasteiger partial charge in [-0.3, -0.25) is 15.0 Å². The fourth-order valence-electron chi connectivity index (χ4n) is 2.97. The molecule has 10 nitrogen and oxygen atoms in total. The smallest absolute Gasteiger partial charge is 0.408 e. The molecule has 0 aliphatic carbocycles. The van der Waals surface area contributed by atoms with Crippen LogP contribution in [0.5, 0.6) is 0 Å². The van der Waals surface area contributed by atoms with Crippen molar-refractivity contribution >= 4 is 24.0 Å². The number of alkyl carbamates (subject to hydrolysis) is 1. The number of carbonyl (C=O) groups is 4. The molecule has 0 radical (unpaired) electrons. The number of nitrogens with zero attached hydrogens (tertiary/aromatic N) is 1. The lowest BCUT2D eigenvalue weighted by atomic mass is 10.1. The SMILES string of the molecule is C[C@H](NC(=O)N(Cc1ccccc1)NC(=O)[C@@H](Cc1ccccc1)NC(=O)OC(C)(C)C)C(=O)O. The molecule has 0 bridgehead atoms. The second-order valence-electron chi connectivity index (χ2n) is 8.95. The number of amides is 4. The van der Waals surface area contributed by atoms with Crippen LogP contribution < -0.4 is 16.1 Å². The second kappa shape index (κ2) is 12.4. The molecule has 0 saturated carbocycles. The lowest BCUT2D eigenvalue weighted by molar-refractivity contribution is -0.138. The van der Waals surface area contributed by atoms with Gasteiger partial charge in [0.25, 0.3) is 5.91 Å². The molecule has 0 heterocycles. The van der Waals surface area contributed by atoms with E-state index < -0.39 is 41.7 Å². The van der Waals surface area contributed by atoms with E-state index in [1.54, 1.807) is 75.4 Å². The van der Waals surface area contributed by atoms with E-state index in [2.05, 4.69) is 16.1 Å². The highest BCUT2D eigenvalue weighted by molar-refractivity contribution is 5.88. The first kappa shape index (κ1) is 27.2. The van der Waals surface area contributed by atoms with Crippen LogP contribution in [-0.4, -0.2) is 51.8 Å². The number of hydrogen-bond acceptors (Lipinski definition) is 5. The van der Waals surface area contributed by atoms with Gasteiger partial charge in [0.15, 0.2) is 0 Å². The van der Waals surface area contributed by atoms with Crippen molar-refractivity contribution in [3.05, 3.63) is 71.8 Å². The minimum absolute atomic E-state index is 0.0325. The summed E-state index contributed by atoms with van der Waals surface area (Å²) in [6.45, 7) is 6.39. The minimum Gasteiger partial charge on any atom is -0.480 e. The molecule has 4 N–H and O–H groups in total. The number of ether oxygens (including phenoxy) is 1. The Morgan fingerprint density at radius 1 is 0.914 bits per heavy atom. The maximum absolute atomic E-state index is 13.3. The van der Waals surface area contributed by atoms with Crippen LogP contribution in [0.4, 0.5) is 9.59 Å². The Hall–Kier alpha value is -4.08. The van der Waals surface area contributed by atoms with E-state index in [1.807, 2.05) is 6.07 Å². The summed E-state index contributed by atoms with van der Waals surface area (Å²) in [5, 5.41) is 15.0. The summed E-state index contributed by atoms with van der Waals surface area (Å²) in [4.78, 5) is 49.7. The number of carboxylic acid groups (broad SMARTS) is 1. The number of urea groups is 1. The first-order chi connectivity index (χ1) is 16.4. The zero-order chi connectivity index (χ0) is 26.0. The standard InChI is InChI=1S/C25H32N4O6/c1-17(22(31)32)26-23(33)29(16-19-13-9-6-10-14-19)28-21(30)20(15-18-11-7-5-8-12-18)27-24(34)35-25(2,3)4/h5-14,17,20H,15-16H2,1-4H3,(H,26,33)(H,27,34)(H,28,30)(H,31,32)/t17-,20+/m0/s1. The molecule has 4 amide bonds. The third-order valence-electron chi connectivity index (χ3n) is 4.67. The molecule has 0 saturated heterocycles. The van der Waals surface area contributed by atoms with Gasteiger partial charge in [0.05, 0.1) is 6.54 Å². The quantitative estimate of drug-likeness (QED) is 0.425. The Kier molecular flexibility index (Phi) is 9.63. The normalized spacial score (nSPS) is 12.6. The molecule has 0 aliphatic rings. The van der Waals surface area contributed by atoms with E-state index in [1.165, 1.54) is 6.92 Å². The molecule has 0 spiro atoms. The van der Waals surface area contributed by atoms with Gasteiger partial charge in [0, 0.05) is 6.42 Å². The van der Waals surface area contributed by atoms with Crippen molar-refractivity contribution in [1.29, 1.82) is 0 Å². The van der Waals surface area contributed by atoms with E-state index in [9.17, 15) is 19.2 Å². The van der Waals surface area contributed by atoms with Gasteiger partial charge >= 0.3 is 18.1 Å². The molecule has 35 heavy (non-hydrogen) atoms. The van der Waals surface area contributed by atoms with Crippen molar-refractivity contribution in [1.82, 2.24) is 21.1 Å². The van der Waals surface area contributed by atoms with Crippen molar-refractivity contribution < 1.29 is 29.0 Å². The number of aliphatic carboxylic acids is 1. The minimum atomic E-state index is -1.22. The average Bonchev–Trinajstić information content (AvgIpc) is 2.78. The Bertz CT molecular complexity index is 1010. The molecule has 2 aromatic carbocycles. The van der Waals surface area contributed by atoms with Gasteiger partial charge in [-0.05, 0) is 38.8 Å². The first-order valence-corrected chi connectivity index (χ1v) is 11.1. The molecular weight excluding hydrogens is 452 g/mol. The molecule has 2 atom stereocenters. The van der Waals surface area contributed by atoms with E-state index in [-0.39, 0.29) is 13.0 Å². The maximum Gasteiger partial charge on any atom is 0.408 e. The molecule has 0 unspecified atom stereocenters. The Morgan fingerprint density at radius 3 is 1.97 bits per heavy atom. The number of nitrogens with one attached hydrogen (secondary N) is 3. The second-order valence-corrected chi connectivity index (χ2v) is 8.95. The van der Waals surface area contributed by atoms with Crippen LogP contribution in [0.3, 0.4) is 0 Å². The molecule has 10 heteroatoms. The molecular formula is C25H32N4O6. The third kappa shape index (κ3) is 9.75. The highest BCUT2D eigenvalue weighted by Gasteiger charge is 2.28. The van der Waals surface area contributed by atoms with Crippen molar-refractivity contribution in [2.45, 2.75) is 58.3 Å². The first-order valence-electron chi connectivity index (χ1n) is 11.1. The van der Waals surface area contributed by atoms with Crippen molar-refractivity contribution in [2.75, 3.05) is 0 Å². The fourth-order valence-corrected chi connectivity index (χ4v) is 2.97. The summed E-state index contributed by atoms with van der Waals surface area (Å²) in [5.74, 6) is -1.90. The van der Waals surface area contributed by atoms with Gasteiger partial charge < -0.3 is 20.5 Å². The number of rotatable bonds is 8. The molecule has 0 aliphatic heterocycles. The summed E-state index contributed by atoms with van der Waals surface area (Å²) in [5.41, 5.74) is 3.22. The largest absolute Gasteiger partial charge is 0.480 e. The number of hydrazine groups is 1. The van der Waals surface area contributed by atoms with E-state index >= 15 is 0 Å². The number of benzene rings is 2. The molecule has 2 rings (SSSR count). The van der Waals surface area contributed by atoms with Gasteiger partial charge in [-0.2, -0.15) is 0 Å². The number of carbonyl (C=O) groups excluding carboxylic acids is 3. The summed E-state index contributed by atoms with van der Waals surface area (Å²) < 4.78 is 5.29. The summed E-state index contributed by atoms with van der Waals surface area (Å²) in [7, 11) is 0. The number of carboxylic acids is 1. The molecule has 188 valence electrons. The highest BCUT2D eigenvalue weighted by atomic mass is 16.6. The zero-order valence-corrected chi connectivity index (χ0v) is 20.3. The molecule has 0 fully saturated rings. The lowest BCUT2D eigenvalue weighted by Gasteiger charge is -2.28. The monoisotopic (exact) mass is 484 g/mol. The maximum atomic E-state index is 13.3. The Labute approximate surface area is 204 Å². The van der Waals surface area contributed by atoms with Crippen LogP contribution in [-0.2, 0) is 27.3 Å². The van der Waals surface area contributed by atoms with E-state index in [4.69, 9.17) is 9.84 Å². The lowest BCUT2D eigenvalue weighted by Crippen LogP contribution is -2.58. The average molecular weight is 485 g/mol. The topological polar surface area (TPSA) is 137 Å². The molecule has 0 aromatic heterocycles. The van der Waals surface area contributed by atoms with Crippen LogP contribution in [0.15, 0.2) is 60.7 Å². The summed E-state index contributed by atoms with van der Waals surface area (Å²) in [6, 6.07) is 14.8. The van der Waals surface area contributed by atoms with Crippen LogP contribution in [0.2, 0.25) is 0 Å². The predicted molar refractivity (Wildman–Crippen MR) is 129 cm³/mol. The van der Waals surface area contributed by atoms with E-state index in [0.29, 0.717) is 5.56 Å². The summed E-state index contributed by atoms with van der Waals surface area (Å²) in [6.07, 6.45) is -0.648. The molecule has 2 aromatic rings. The Balaban J connectivity index is 2.25. The van der Waals surface area contributed by atoms with Crippen LogP contribution in [0.25, 0.3) is 0 Å². The third-order valence-corrected chi connectivity index (χ3v) is 4.67. The van der Waals surface area contributed by atoms with Gasteiger partial charge in [-0.15, -0.1) is 0 Å². The van der Waals surface area contributed by atoms with Crippen LogP contribution in [0.1, 0.15) is 38.8 Å². The number of hydrogen-bond donors (Lipinski definition) is 4. The fraction of sp³-hybridized carbons (Fsp3) is 0.360. The predicted octanol–water partition coefficient (Wildman–Crippen LogP) is 2.84. The summed E-state index contributed by atoms with van der Waals surface area (Å²) >= 11 is 0. The van der Waals surface area contributed by atoms with Crippen LogP contribution >= 0.6 is 0 Å². The van der Waals surface area contributed by atoms with Crippen molar-refractivity contribution in [3.8, 4) is 0 Å². The van der Waals surface area contributed by atoms with Gasteiger partial charge in [0.1, 0.15) is 17.7 Å². The van der Waals surface area contributed by atoms with Crippen molar-refractivity contribution in [3.63, 3.8) is 0 Å². The van der Waals surface area contributed by atoms with Gasteiger partial charge in [-0.1, -0.05) is 60.7 Å². The zero-order valence-electron chi connectivity index (χ0n) is 20.3. The van der Waals surface area contributed by atoms with Crippen LogP contribution in [0, 0.1) is 0 Å². The van der Waals surface area contributed by atoms with Gasteiger partial charge in [0.2, 0.25) is 0 Å². The Morgan fingerprint density at radius 2 is 1.46 bits per heavy atom. The highest BCUT2D eigenvalue weighted by Crippen LogP contribution is 2.10.